The Balaban J connectivity index is 2.18. The molecule has 3 nitrogen and oxygen atoms in total. The van der Waals surface area contributed by atoms with Crippen LogP contribution in [-0.4, -0.2) is 11.1 Å². The summed E-state index contributed by atoms with van der Waals surface area (Å²) in [7, 11) is 0. The number of aromatic carboxylic acids is 1. The lowest BCUT2D eigenvalue weighted by Gasteiger charge is -2.12. The van der Waals surface area contributed by atoms with Gasteiger partial charge in [0, 0.05) is 17.3 Å². The predicted molar refractivity (Wildman–Crippen MR) is 81.7 cm³/mol. The molecule has 0 aliphatic rings. The highest BCUT2D eigenvalue weighted by atomic mass is 35.5. The molecule has 0 radical (unpaired) electrons. The fraction of sp³-hybridized carbons (Fsp3) is 0.188. The van der Waals surface area contributed by atoms with Gasteiger partial charge in [0.05, 0.1) is 5.56 Å². The Morgan fingerprint density at radius 3 is 2.55 bits per heavy atom. The second-order valence-corrected chi connectivity index (χ2v) is 5.20. The van der Waals surface area contributed by atoms with Crippen LogP contribution >= 0.6 is 11.6 Å². The van der Waals surface area contributed by atoms with Crippen molar-refractivity contribution in [2.24, 2.45) is 0 Å². The number of nitrogens with one attached hydrogen (secondary N) is 1. The lowest BCUT2D eigenvalue weighted by molar-refractivity contribution is 0.0697. The molecule has 0 atom stereocenters. The Kier molecular flexibility index (Phi) is 4.30. The molecule has 2 aromatic rings. The van der Waals surface area contributed by atoms with Crippen molar-refractivity contribution in [3.05, 3.63) is 63.7 Å². The minimum absolute atomic E-state index is 0.283. The van der Waals surface area contributed by atoms with E-state index in [1.807, 2.05) is 32.0 Å². The van der Waals surface area contributed by atoms with E-state index in [1.54, 1.807) is 18.2 Å². The van der Waals surface area contributed by atoms with Crippen LogP contribution in [0.25, 0.3) is 0 Å². The van der Waals surface area contributed by atoms with E-state index in [0.29, 0.717) is 6.54 Å². The SMILES string of the molecule is Cc1cc(Cl)ccc1CNc1cc(C(=O)O)ccc1C. The van der Waals surface area contributed by atoms with Gasteiger partial charge in [-0.2, -0.15) is 0 Å². The van der Waals surface area contributed by atoms with Gasteiger partial charge in [-0.15, -0.1) is 0 Å². The van der Waals surface area contributed by atoms with Crippen LogP contribution in [0.5, 0.6) is 0 Å². The third-order valence-electron chi connectivity index (χ3n) is 3.26. The number of hydrogen-bond acceptors (Lipinski definition) is 2. The van der Waals surface area contributed by atoms with E-state index in [9.17, 15) is 4.79 Å². The zero-order valence-corrected chi connectivity index (χ0v) is 12.2. The molecule has 2 rings (SSSR count). The molecule has 4 heteroatoms. The molecule has 0 fully saturated rings. The van der Waals surface area contributed by atoms with Crippen LogP contribution in [0.3, 0.4) is 0 Å². The second-order valence-electron chi connectivity index (χ2n) is 4.76. The van der Waals surface area contributed by atoms with E-state index in [1.165, 1.54) is 0 Å². The van der Waals surface area contributed by atoms with Gasteiger partial charge < -0.3 is 10.4 Å². The zero-order chi connectivity index (χ0) is 14.7. The van der Waals surface area contributed by atoms with Gasteiger partial charge >= 0.3 is 5.97 Å². The molecule has 2 N–H and O–H groups in total. The van der Waals surface area contributed by atoms with Gasteiger partial charge in [0.1, 0.15) is 0 Å². The van der Waals surface area contributed by atoms with Crippen molar-refractivity contribution in [1.82, 2.24) is 0 Å². The van der Waals surface area contributed by atoms with Crippen molar-refractivity contribution in [2.75, 3.05) is 5.32 Å². The number of carboxylic acid groups (broad SMARTS) is 1. The topological polar surface area (TPSA) is 49.3 Å². The monoisotopic (exact) mass is 289 g/mol. The summed E-state index contributed by atoms with van der Waals surface area (Å²) < 4.78 is 0. The summed E-state index contributed by atoms with van der Waals surface area (Å²) in [6.07, 6.45) is 0. The maximum absolute atomic E-state index is 11.0. The molecule has 0 amide bonds. The maximum Gasteiger partial charge on any atom is 0.335 e. The van der Waals surface area contributed by atoms with Crippen LogP contribution < -0.4 is 5.32 Å². The normalized spacial score (nSPS) is 10.3. The van der Waals surface area contributed by atoms with Crippen molar-refractivity contribution in [1.29, 1.82) is 0 Å². The standard InChI is InChI=1S/C16H16ClNO2/c1-10-3-4-12(16(19)20)8-15(10)18-9-13-5-6-14(17)7-11(13)2/h3-8,18H,9H2,1-2H3,(H,19,20). The first kappa shape index (κ1) is 14.4. The zero-order valence-electron chi connectivity index (χ0n) is 11.4. The van der Waals surface area contributed by atoms with E-state index >= 15 is 0 Å². The Labute approximate surface area is 123 Å². The number of hydrogen-bond donors (Lipinski definition) is 2. The maximum atomic E-state index is 11.0. The Morgan fingerprint density at radius 1 is 1.15 bits per heavy atom. The number of anilines is 1. The average molecular weight is 290 g/mol. The first-order valence-electron chi connectivity index (χ1n) is 6.30. The molecule has 0 bridgehead atoms. The quantitative estimate of drug-likeness (QED) is 0.884. The van der Waals surface area contributed by atoms with Gasteiger partial charge in [-0.05, 0) is 54.8 Å². The largest absolute Gasteiger partial charge is 0.478 e. The smallest absolute Gasteiger partial charge is 0.335 e. The Morgan fingerprint density at radius 2 is 1.90 bits per heavy atom. The Bertz CT molecular complexity index is 653. The highest BCUT2D eigenvalue weighted by Crippen LogP contribution is 2.20. The summed E-state index contributed by atoms with van der Waals surface area (Å²) in [5.74, 6) is -0.921. The molecular weight excluding hydrogens is 274 g/mol. The van der Waals surface area contributed by atoms with Crippen LogP contribution in [-0.2, 0) is 6.54 Å². The highest BCUT2D eigenvalue weighted by Gasteiger charge is 2.06. The fourth-order valence-electron chi connectivity index (χ4n) is 1.99. The van der Waals surface area contributed by atoms with E-state index in [4.69, 9.17) is 16.7 Å². The molecule has 0 aromatic heterocycles. The van der Waals surface area contributed by atoms with Gasteiger partial charge in [0.2, 0.25) is 0 Å². The van der Waals surface area contributed by atoms with Crippen molar-refractivity contribution in [3.8, 4) is 0 Å². The first-order chi connectivity index (χ1) is 9.47. The average Bonchev–Trinajstić information content (AvgIpc) is 2.39. The lowest BCUT2D eigenvalue weighted by atomic mass is 10.1. The van der Waals surface area contributed by atoms with Gasteiger partial charge in [-0.3, -0.25) is 0 Å². The molecule has 0 saturated carbocycles. The summed E-state index contributed by atoms with van der Waals surface area (Å²) >= 11 is 5.93. The number of aryl methyl sites for hydroxylation is 2. The first-order valence-corrected chi connectivity index (χ1v) is 6.68. The number of carbonyl (C=O) groups is 1. The van der Waals surface area contributed by atoms with Crippen molar-refractivity contribution < 1.29 is 9.90 Å². The molecule has 104 valence electrons. The minimum atomic E-state index is -0.921. The van der Waals surface area contributed by atoms with E-state index < -0.39 is 5.97 Å². The molecule has 0 heterocycles. The fourth-order valence-corrected chi connectivity index (χ4v) is 2.22. The van der Waals surface area contributed by atoms with Crippen LogP contribution in [0.4, 0.5) is 5.69 Å². The van der Waals surface area contributed by atoms with Crippen LogP contribution in [0.2, 0.25) is 5.02 Å². The minimum Gasteiger partial charge on any atom is -0.478 e. The van der Waals surface area contributed by atoms with E-state index in [2.05, 4.69) is 5.32 Å². The third kappa shape index (κ3) is 3.31. The van der Waals surface area contributed by atoms with Crippen molar-refractivity contribution >= 4 is 23.3 Å². The van der Waals surface area contributed by atoms with Crippen LogP contribution in [0, 0.1) is 13.8 Å². The van der Waals surface area contributed by atoms with E-state index in [-0.39, 0.29) is 5.56 Å². The molecule has 0 aliphatic heterocycles. The number of halogens is 1. The molecule has 20 heavy (non-hydrogen) atoms. The molecule has 0 saturated heterocycles. The van der Waals surface area contributed by atoms with Crippen LogP contribution in [0.15, 0.2) is 36.4 Å². The number of carboxylic acids is 1. The number of rotatable bonds is 4. The molecule has 2 aromatic carbocycles. The molecule has 0 aliphatic carbocycles. The number of benzene rings is 2. The summed E-state index contributed by atoms with van der Waals surface area (Å²) in [6.45, 7) is 4.58. The highest BCUT2D eigenvalue weighted by molar-refractivity contribution is 6.30. The molecule has 0 unspecified atom stereocenters. The van der Waals surface area contributed by atoms with E-state index in [0.717, 1.165) is 27.4 Å². The van der Waals surface area contributed by atoms with Gasteiger partial charge in [-0.25, -0.2) is 4.79 Å². The third-order valence-corrected chi connectivity index (χ3v) is 3.49. The van der Waals surface area contributed by atoms with Crippen molar-refractivity contribution in [2.45, 2.75) is 20.4 Å². The summed E-state index contributed by atoms with van der Waals surface area (Å²) in [4.78, 5) is 11.0. The van der Waals surface area contributed by atoms with Crippen molar-refractivity contribution in [3.63, 3.8) is 0 Å². The van der Waals surface area contributed by atoms with Crippen LogP contribution in [0.1, 0.15) is 27.0 Å². The Hall–Kier alpha value is -2.00. The second kappa shape index (κ2) is 5.97. The molecular formula is C16H16ClNO2. The van der Waals surface area contributed by atoms with Gasteiger partial charge in [-0.1, -0.05) is 23.7 Å². The predicted octanol–water partition coefficient (Wildman–Crippen LogP) is 4.27. The summed E-state index contributed by atoms with van der Waals surface area (Å²) in [5.41, 5.74) is 4.37. The van der Waals surface area contributed by atoms with Gasteiger partial charge in [0.15, 0.2) is 0 Å². The van der Waals surface area contributed by atoms with Gasteiger partial charge in [0.25, 0.3) is 0 Å². The molecule has 0 spiro atoms. The summed E-state index contributed by atoms with van der Waals surface area (Å²) in [5, 5.41) is 13.0. The lowest BCUT2D eigenvalue weighted by Crippen LogP contribution is -2.05. The summed E-state index contributed by atoms with van der Waals surface area (Å²) in [6, 6.07) is 10.8.